The van der Waals surface area contributed by atoms with Gasteiger partial charge >= 0.3 is 0 Å². The fourth-order valence-electron chi connectivity index (χ4n) is 1.82. The molecule has 20 heavy (non-hydrogen) atoms. The average Bonchev–Trinajstić information content (AvgIpc) is 2.89. The van der Waals surface area contributed by atoms with E-state index in [2.05, 4.69) is 10.3 Å². The standard InChI is InChI=1S/C14H17ClFN3O/c1-2-20-9-3-6-17-14-18-7-8-19(14)13-10-11(16)4-5-12(13)15/h4-5,7-8,10H,2-3,6,9H2,1H3,(H,17,18). The summed E-state index contributed by atoms with van der Waals surface area (Å²) in [4.78, 5) is 4.21. The average molecular weight is 298 g/mol. The van der Waals surface area contributed by atoms with Gasteiger partial charge in [-0.3, -0.25) is 4.57 Å². The van der Waals surface area contributed by atoms with Crippen LogP contribution in [0.3, 0.4) is 0 Å². The number of hydrogen-bond acceptors (Lipinski definition) is 3. The molecule has 6 heteroatoms. The van der Waals surface area contributed by atoms with Crippen LogP contribution >= 0.6 is 11.6 Å². The van der Waals surface area contributed by atoms with Gasteiger partial charge in [0, 0.05) is 32.2 Å². The van der Waals surface area contributed by atoms with Gasteiger partial charge < -0.3 is 10.1 Å². The SMILES string of the molecule is CCOCCCNc1nccn1-c1cc(F)ccc1Cl. The largest absolute Gasteiger partial charge is 0.382 e. The van der Waals surface area contributed by atoms with Crippen molar-refractivity contribution in [2.24, 2.45) is 0 Å². The first-order valence-electron chi connectivity index (χ1n) is 6.52. The molecule has 0 spiro atoms. The van der Waals surface area contributed by atoms with Gasteiger partial charge in [-0.05, 0) is 31.5 Å². The summed E-state index contributed by atoms with van der Waals surface area (Å²) in [5.41, 5.74) is 0.566. The first-order valence-corrected chi connectivity index (χ1v) is 6.90. The Morgan fingerprint density at radius 2 is 2.30 bits per heavy atom. The molecule has 4 nitrogen and oxygen atoms in total. The molecule has 1 N–H and O–H groups in total. The molecule has 0 aliphatic carbocycles. The number of anilines is 1. The van der Waals surface area contributed by atoms with Crippen LogP contribution in [0.25, 0.3) is 5.69 Å². The van der Waals surface area contributed by atoms with Crippen LogP contribution in [0.4, 0.5) is 10.3 Å². The number of rotatable bonds is 7. The highest BCUT2D eigenvalue weighted by Gasteiger charge is 2.09. The lowest BCUT2D eigenvalue weighted by Gasteiger charge is -2.11. The molecule has 0 saturated heterocycles. The summed E-state index contributed by atoms with van der Waals surface area (Å²) >= 11 is 6.10. The van der Waals surface area contributed by atoms with E-state index in [1.54, 1.807) is 17.0 Å². The van der Waals surface area contributed by atoms with Crippen LogP contribution in [0.5, 0.6) is 0 Å². The Morgan fingerprint density at radius 1 is 1.45 bits per heavy atom. The minimum atomic E-state index is -0.333. The molecule has 0 unspecified atom stereocenters. The lowest BCUT2D eigenvalue weighted by molar-refractivity contribution is 0.147. The highest BCUT2D eigenvalue weighted by Crippen LogP contribution is 2.24. The number of imidazole rings is 1. The third-order valence-electron chi connectivity index (χ3n) is 2.76. The van der Waals surface area contributed by atoms with Gasteiger partial charge in [0.25, 0.3) is 0 Å². The molecule has 0 saturated carbocycles. The van der Waals surface area contributed by atoms with E-state index in [1.807, 2.05) is 6.92 Å². The van der Waals surface area contributed by atoms with Crippen molar-refractivity contribution in [2.45, 2.75) is 13.3 Å². The normalized spacial score (nSPS) is 10.8. The Bertz CT molecular complexity index is 559. The number of aromatic nitrogens is 2. The molecule has 0 fully saturated rings. The van der Waals surface area contributed by atoms with E-state index in [0.717, 1.165) is 13.0 Å². The van der Waals surface area contributed by atoms with Crippen molar-refractivity contribution >= 4 is 17.5 Å². The number of benzene rings is 1. The fourth-order valence-corrected chi connectivity index (χ4v) is 2.03. The van der Waals surface area contributed by atoms with E-state index in [-0.39, 0.29) is 5.82 Å². The summed E-state index contributed by atoms with van der Waals surface area (Å²) < 4.78 is 20.3. The first kappa shape index (κ1) is 14.8. The van der Waals surface area contributed by atoms with E-state index in [9.17, 15) is 4.39 Å². The van der Waals surface area contributed by atoms with Gasteiger partial charge in [-0.2, -0.15) is 0 Å². The van der Waals surface area contributed by atoms with Crippen molar-refractivity contribution in [1.82, 2.24) is 9.55 Å². The van der Waals surface area contributed by atoms with Gasteiger partial charge in [0.2, 0.25) is 5.95 Å². The van der Waals surface area contributed by atoms with Crippen LogP contribution < -0.4 is 5.32 Å². The van der Waals surface area contributed by atoms with Crippen molar-refractivity contribution in [1.29, 1.82) is 0 Å². The Labute approximate surface area is 122 Å². The molecule has 1 aromatic carbocycles. The minimum absolute atomic E-state index is 0.333. The second-order valence-corrected chi connectivity index (χ2v) is 4.60. The van der Waals surface area contributed by atoms with Crippen molar-refractivity contribution in [3.05, 3.63) is 41.4 Å². The topological polar surface area (TPSA) is 39.1 Å². The smallest absolute Gasteiger partial charge is 0.207 e. The number of hydrogen-bond donors (Lipinski definition) is 1. The van der Waals surface area contributed by atoms with Crippen LogP contribution in [0.2, 0.25) is 5.02 Å². The molecule has 0 aliphatic heterocycles. The molecule has 2 aromatic rings. The summed E-state index contributed by atoms with van der Waals surface area (Å²) in [7, 11) is 0. The predicted molar refractivity (Wildman–Crippen MR) is 78.1 cm³/mol. The number of halogens is 2. The Kier molecular flexibility index (Phi) is 5.38. The second-order valence-electron chi connectivity index (χ2n) is 4.19. The molecule has 0 radical (unpaired) electrons. The monoisotopic (exact) mass is 297 g/mol. The summed E-state index contributed by atoms with van der Waals surface area (Å²) in [6.45, 7) is 4.11. The van der Waals surface area contributed by atoms with Gasteiger partial charge in [0.05, 0.1) is 10.7 Å². The maximum absolute atomic E-state index is 13.3. The summed E-state index contributed by atoms with van der Waals surface area (Å²) in [5, 5.41) is 3.66. The van der Waals surface area contributed by atoms with E-state index in [4.69, 9.17) is 16.3 Å². The highest BCUT2D eigenvalue weighted by molar-refractivity contribution is 6.32. The Morgan fingerprint density at radius 3 is 3.10 bits per heavy atom. The van der Waals surface area contributed by atoms with Crippen molar-refractivity contribution in [3.8, 4) is 5.69 Å². The van der Waals surface area contributed by atoms with E-state index in [0.29, 0.717) is 29.9 Å². The lowest BCUT2D eigenvalue weighted by atomic mass is 10.3. The number of nitrogens with one attached hydrogen (secondary N) is 1. The van der Waals surface area contributed by atoms with E-state index in [1.165, 1.54) is 18.2 Å². The van der Waals surface area contributed by atoms with Crippen LogP contribution in [0.1, 0.15) is 13.3 Å². The molecule has 1 aromatic heterocycles. The molecular formula is C14H17ClFN3O. The van der Waals surface area contributed by atoms with Crippen molar-refractivity contribution < 1.29 is 9.13 Å². The molecule has 0 bridgehead atoms. The predicted octanol–water partition coefficient (Wildman–Crippen LogP) is 3.50. The number of ether oxygens (including phenoxy) is 1. The maximum Gasteiger partial charge on any atom is 0.207 e. The molecule has 0 aliphatic rings. The second kappa shape index (κ2) is 7.26. The molecular weight excluding hydrogens is 281 g/mol. The quantitative estimate of drug-likeness (QED) is 0.795. The molecule has 0 amide bonds. The van der Waals surface area contributed by atoms with Gasteiger partial charge in [0.15, 0.2) is 0 Å². The van der Waals surface area contributed by atoms with Crippen molar-refractivity contribution in [2.75, 3.05) is 25.1 Å². The van der Waals surface area contributed by atoms with Crippen LogP contribution in [-0.2, 0) is 4.74 Å². The molecule has 1 heterocycles. The minimum Gasteiger partial charge on any atom is -0.382 e. The van der Waals surface area contributed by atoms with Gasteiger partial charge in [0.1, 0.15) is 5.82 Å². The molecule has 108 valence electrons. The highest BCUT2D eigenvalue weighted by atomic mass is 35.5. The van der Waals surface area contributed by atoms with Crippen molar-refractivity contribution in [3.63, 3.8) is 0 Å². The summed E-state index contributed by atoms with van der Waals surface area (Å²) in [6.07, 6.45) is 4.26. The maximum atomic E-state index is 13.3. The summed E-state index contributed by atoms with van der Waals surface area (Å²) in [6, 6.07) is 4.25. The zero-order chi connectivity index (χ0) is 14.4. The van der Waals surface area contributed by atoms with E-state index >= 15 is 0 Å². The Balaban J connectivity index is 2.06. The summed E-state index contributed by atoms with van der Waals surface area (Å²) in [5.74, 6) is 0.300. The third-order valence-corrected chi connectivity index (χ3v) is 3.08. The van der Waals surface area contributed by atoms with Crippen LogP contribution in [0.15, 0.2) is 30.6 Å². The zero-order valence-corrected chi connectivity index (χ0v) is 12.0. The van der Waals surface area contributed by atoms with Gasteiger partial charge in [-0.1, -0.05) is 11.6 Å². The number of nitrogens with zero attached hydrogens (tertiary/aromatic N) is 2. The van der Waals surface area contributed by atoms with Crippen LogP contribution in [0, 0.1) is 5.82 Å². The van der Waals surface area contributed by atoms with Gasteiger partial charge in [-0.15, -0.1) is 0 Å². The molecule has 2 rings (SSSR count). The Hall–Kier alpha value is -1.59. The first-order chi connectivity index (χ1) is 9.72. The fraction of sp³-hybridized carbons (Fsp3) is 0.357. The van der Waals surface area contributed by atoms with Gasteiger partial charge in [-0.25, -0.2) is 9.37 Å². The lowest BCUT2D eigenvalue weighted by Crippen LogP contribution is -2.10. The van der Waals surface area contributed by atoms with Crippen LogP contribution in [-0.4, -0.2) is 29.3 Å². The molecule has 0 atom stereocenters. The zero-order valence-electron chi connectivity index (χ0n) is 11.3. The third kappa shape index (κ3) is 3.71. The van der Waals surface area contributed by atoms with E-state index < -0.39 is 0 Å².